The number of hydrogen-bond donors (Lipinski definition) is 1. The summed E-state index contributed by atoms with van der Waals surface area (Å²) in [5, 5.41) is 13.2. The Hall–Kier alpha value is -3.96. The molecule has 0 spiro atoms. The van der Waals surface area contributed by atoms with Crippen LogP contribution in [0.15, 0.2) is 85.2 Å². The first-order valence-electron chi connectivity index (χ1n) is 10.9. The molecule has 0 unspecified atom stereocenters. The van der Waals surface area contributed by atoms with Gasteiger partial charge in [-0.1, -0.05) is 35.3 Å². The molecule has 6 rings (SSSR count). The molecule has 190 valence electrons. The highest BCUT2D eigenvalue weighted by Gasteiger charge is 2.13. The van der Waals surface area contributed by atoms with Crippen LogP contribution in [-0.2, 0) is 0 Å². The first-order valence-corrected chi connectivity index (χ1v) is 13.2. The number of fused-ring (bicyclic) bond motifs is 2. The molecule has 38 heavy (non-hydrogen) atoms. The molecule has 0 fully saturated rings. The lowest BCUT2D eigenvalue weighted by Gasteiger charge is -2.08. The molecule has 0 atom stereocenters. The van der Waals surface area contributed by atoms with Gasteiger partial charge in [-0.2, -0.15) is 8.75 Å². The number of nitro benzene ring substituents is 1. The van der Waals surface area contributed by atoms with Crippen molar-refractivity contribution in [3.8, 4) is 23.0 Å². The minimum atomic E-state index is -0.501. The third-order valence-corrected chi connectivity index (χ3v) is 7.36. The van der Waals surface area contributed by atoms with Gasteiger partial charge >= 0.3 is 0 Å². The minimum absolute atomic E-state index is 0.0715. The first-order chi connectivity index (χ1) is 18.4. The molecular weight excluding hydrogens is 567 g/mol. The van der Waals surface area contributed by atoms with Crippen molar-refractivity contribution in [3.63, 3.8) is 0 Å². The normalized spacial score (nSPS) is 10.7. The summed E-state index contributed by atoms with van der Waals surface area (Å²) in [6.07, 6.45) is 3.51. The molecule has 0 saturated carbocycles. The molecule has 0 aliphatic carbocycles. The molecule has 0 bridgehead atoms. The lowest BCUT2D eigenvalue weighted by atomic mass is 10.2. The van der Waals surface area contributed by atoms with Gasteiger partial charge in [-0.25, -0.2) is 0 Å². The highest BCUT2D eigenvalue weighted by molar-refractivity contribution is 7.13. The van der Waals surface area contributed by atoms with E-state index in [4.69, 9.17) is 38.4 Å². The van der Waals surface area contributed by atoms with Gasteiger partial charge in [0.05, 0.1) is 47.5 Å². The maximum absolute atomic E-state index is 10.7. The maximum Gasteiger partial charge on any atom is 0.271 e. The van der Waals surface area contributed by atoms with Crippen LogP contribution in [0.5, 0.6) is 23.0 Å². The Labute approximate surface area is 234 Å². The average Bonchev–Trinajstić information content (AvgIpc) is 3.58. The number of benzene rings is 4. The van der Waals surface area contributed by atoms with E-state index in [9.17, 15) is 10.1 Å². The van der Waals surface area contributed by atoms with E-state index >= 15 is 0 Å². The van der Waals surface area contributed by atoms with Crippen molar-refractivity contribution >= 4 is 77.8 Å². The van der Waals surface area contributed by atoms with Crippen molar-refractivity contribution in [2.45, 2.75) is 0 Å². The fraction of sp³-hybridized carbons (Fsp3) is 0. The minimum Gasteiger partial charge on any atom is -0.455 e. The Balaban J connectivity index is 0.000000156. The number of aromatic nitrogens is 2. The molecule has 6 aromatic rings. The Kier molecular flexibility index (Phi) is 7.57. The van der Waals surface area contributed by atoms with E-state index in [0.717, 1.165) is 25.9 Å². The third-order valence-electron chi connectivity index (χ3n) is 5.24. The van der Waals surface area contributed by atoms with Crippen LogP contribution in [0, 0.1) is 10.1 Å². The van der Waals surface area contributed by atoms with Crippen LogP contribution in [0.1, 0.15) is 0 Å². The number of nitrogen functional groups attached to an aromatic ring is 1. The second-order valence-corrected chi connectivity index (χ2v) is 10.2. The van der Waals surface area contributed by atoms with Gasteiger partial charge in [-0.15, -0.1) is 0 Å². The molecule has 0 saturated heterocycles. The highest BCUT2D eigenvalue weighted by atomic mass is 35.5. The van der Waals surface area contributed by atoms with Gasteiger partial charge in [0.15, 0.2) is 0 Å². The van der Waals surface area contributed by atoms with Crippen LogP contribution in [0.25, 0.3) is 20.2 Å². The molecule has 0 radical (unpaired) electrons. The summed E-state index contributed by atoms with van der Waals surface area (Å²) in [6, 6.07) is 20.7. The second kappa shape index (κ2) is 11.2. The zero-order chi connectivity index (χ0) is 26.6. The van der Waals surface area contributed by atoms with Crippen molar-refractivity contribution in [2.24, 2.45) is 0 Å². The molecular formula is C26H16Cl2N4O4S2. The SMILES string of the molecule is Nc1ccc(Oc2cccc3sncc23)c(Cl)c1.O=[N+]([O-])c1ccc(Oc2cccc3sncc23)c(Cl)c1. The topological polar surface area (TPSA) is 113 Å². The van der Waals surface area contributed by atoms with Crippen LogP contribution in [-0.4, -0.2) is 13.7 Å². The Bertz CT molecular complexity index is 1770. The van der Waals surface area contributed by atoms with Crippen LogP contribution >= 0.6 is 46.3 Å². The molecule has 12 heteroatoms. The number of hydrogen-bond acceptors (Lipinski definition) is 9. The monoisotopic (exact) mass is 582 g/mol. The van der Waals surface area contributed by atoms with Gasteiger partial charge < -0.3 is 15.2 Å². The zero-order valence-electron chi connectivity index (χ0n) is 19.2. The summed E-state index contributed by atoms with van der Waals surface area (Å²) in [5.74, 6) is 2.32. The third kappa shape index (κ3) is 5.63. The number of non-ortho nitro benzene ring substituents is 1. The maximum atomic E-state index is 10.7. The van der Waals surface area contributed by atoms with Gasteiger partial charge in [0, 0.05) is 17.8 Å². The van der Waals surface area contributed by atoms with Crippen LogP contribution < -0.4 is 15.2 Å². The van der Waals surface area contributed by atoms with E-state index in [-0.39, 0.29) is 10.7 Å². The van der Waals surface area contributed by atoms with Crippen molar-refractivity contribution < 1.29 is 14.4 Å². The van der Waals surface area contributed by atoms with Crippen LogP contribution in [0.3, 0.4) is 0 Å². The number of rotatable bonds is 5. The summed E-state index contributed by atoms with van der Waals surface area (Å²) in [7, 11) is 0. The summed E-state index contributed by atoms with van der Waals surface area (Å²) in [6.45, 7) is 0. The van der Waals surface area contributed by atoms with E-state index in [1.54, 1.807) is 36.7 Å². The number of nitrogens with zero attached hydrogens (tertiary/aromatic N) is 3. The first kappa shape index (κ1) is 25.7. The van der Waals surface area contributed by atoms with Crippen molar-refractivity contribution in [2.75, 3.05) is 5.73 Å². The smallest absolute Gasteiger partial charge is 0.271 e. The lowest BCUT2D eigenvalue weighted by Crippen LogP contribution is -1.90. The predicted octanol–water partition coefficient (Wildman–Crippen LogP) is 8.97. The number of nitro groups is 1. The summed E-state index contributed by atoms with van der Waals surface area (Å²) in [4.78, 5) is 10.2. The van der Waals surface area contributed by atoms with E-state index in [0.29, 0.717) is 28.0 Å². The average molecular weight is 583 g/mol. The molecule has 0 amide bonds. The zero-order valence-corrected chi connectivity index (χ0v) is 22.4. The molecule has 8 nitrogen and oxygen atoms in total. The highest BCUT2D eigenvalue weighted by Crippen LogP contribution is 2.37. The molecule has 0 aliphatic heterocycles. The van der Waals surface area contributed by atoms with Crippen molar-refractivity contribution in [1.82, 2.24) is 8.75 Å². The van der Waals surface area contributed by atoms with Gasteiger partial charge in [-0.3, -0.25) is 10.1 Å². The predicted molar refractivity (Wildman–Crippen MR) is 153 cm³/mol. The molecule has 2 N–H and O–H groups in total. The van der Waals surface area contributed by atoms with Gasteiger partial charge in [-0.05, 0) is 71.6 Å². The quantitative estimate of drug-likeness (QED) is 0.122. The Morgan fingerprint density at radius 1 is 0.737 bits per heavy atom. The fourth-order valence-electron chi connectivity index (χ4n) is 3.43. The summed E-state index contributed by atoms with van der Waals surface area (Å²) < 4.78 is 21.9. The van der Waals surface area contributed by atoms with Crippen molar-refractivity contribution in [3.05, 3.63) is 105 Å². The van der Waals surface area contributed by atoms with E-state index in [1.165, 1.54) is 41.3 Å². The van der Waals surface area contributed by atoms with Gasteiger partial charge in [0.2, 0.25) is 0 Å². The van der Waals surface area contributed by atoms with Crippen LogP contribution in [0.2, 0.25) is 10.0 Å². The summed E-state index contributed by atoms with van der Waals surface area (Å²) >= 11 is 14.9. The van der Waals surface area contributed by atoms with Crippen LogP contribution in [0.4, 0.5) is 11.4 Å². The standard InChI is InChI=1S/C13H7ClN2O3S.C13H9ClN2OS/c14-10-6-8(16(17)18)4-5-12(10)19-11-2-1-3-13-9(11)7-15-20-13;14-10-6-8(15)4-5-12(10)17-11-2-1-3-13-9(11)7-16-18-13/h1-7H;1-7H,15H2. The van der Waals surface area contributed by atoms with E-state index in [1.807, 2.05) is 30.3 Å². The van der Waals surface area contributed by atoms with E-state index < -0.39 is 4.92 Å². The lowest BCUT2D eigenvalue weighted by molar-refractivity contribution is -0.384. The van der Waals surface area contributed by atoms with Gasteiger partial charge in [0.25, 0.3) is 5.69 Å². The molecule has 2 heterocycles. The Morgan fingerprint density at radius 3 is 1.76 bits per heavy atom. The van der Waals surface area contributed by atoms with Crippen molar-refractivity contribution in [1.29, 1.82) is 0 Å². The van der Waals surface area contributed by atoms with Gasteiger partial charge in [0.1, 0.15) is 23.0 Å². The molecule has 2 aromatic heterocycles. The largest absolute Gasteiger partial charge is 0.455 e. The molecule has 0 aliphatic rings. The second-order valence-electron chi connectivity index (χ2n) is 7.75. The number of nitrogens with two attached hydrogens (primary N) is 1. The number of ether oxygens (including phenoxy) is 2. The number of halogens is 2. The number of anilines is 1. The van der Waals surface area contributed by atoms with E-state index in [2.05, 4.69) is 8.75 Å². The Morgan fingerprint density at radius 2 is 1.26 bits per heavy atom. The molecule has 4 aromatic carbocycles. The summed E-state index contributed by atoms with van der Waals surface area (Å²) in [5.41, 5.74) is 6.19. The fourth-order valence-corrected chi connectivity index (χ4v) is 5.20.